The highest BCUT2D eigenvalue weighted by molar-refractivity contribution is 6.28. The molecule has 0 heterocycles. The Hall–Kier alpha value is -2.05. The summed E-state index contributed by atoms with van der Waals surface area (Å²) in [5, 5.41) is 0. The maximum absolute atomic E-state index is 7.55. The number of hydrogen-bond donors (Lipinski definition) is 0. The van der Waals surface area contributed by atoms with Crippen molar-refractivity contribution in [2.75, 3.05) is 0 Å². The van der Waals surface area contributed by atoms with Gasteiger partial charge in [0.2, 0.25) is 0 Å². The molecule has 0 atom stereocenters. The molecule has 0 saturated carbocycles. The Kier molecular flexibility index (Phi) is 4.99. The van der Waals surface area contributed by atoms with Crippen molar-refractivity contribution in [1.82, 2.24) is 0 Å². The van der Waals surface area contributed by atoms with Gasteiger partial charge in [0, 0.05) is 0 Å². The minimum Gasteiger partial charge on any atom is -0.104 e. The normalized spacial score (nSPS) is 11.7. The quantitative estimate of drug-likeness (QED) is 0.345. The van der Waals surface area contributed by atoms with E-state index in [1.165, 1.54) is 33.4 Å². The lowest BCUT2D eigenvalue weighted by molar-refractivity contribution is 0.867. The van der Waals surface area contributed by atoms with Crippen LogP contribution in [0.2, 0.25) is 0 Å². The minimum atomic E-state index is -0.704. The predicted molar refractivity (Wildman–Crippen MR) is 113 cm³/mol. The maximum Gasteiger partial charge on any atom is 0.119 e. The fourth-order valence-corrected chi connectivity index (χ4v) is 4.35. The summed E-state index contributed by atoms with van der Waals surface area (Å²) in [6.07, 6.45) is 0. The number of benzene rings is 3. The van der Waals surface area contributed by atoms with Crippen LogP contribution in [0.25, 0.3) is 0 Å². The van der Waals surface area contributed by atoms with Gasteiger partial charge in [-0.1, -0.05) is 88.0 Å². The van der Waals surface area contributed by atoms with Gasteiger partial charge in [-0.15, -0.1) is 11.6 Å². The van der Waals surface area contributed by atoms with E-state index in [0.29, 0.717) is 0 Å². The Morgan fingerprint density at radius 3 is 0.808 bits per heavy atom. The molecule has 134 valence electrons. The van der Waals surface area contributed by atoms with Gasteiger partial charge in [0.15, 0.2) is 0 Å². The van der Waals surface area contributed by atoms with Gasteiger partial charge >= 0.3 is 0 Å². The Bertz CT molecular complexity index is 780. The van der Waals surface area contributed by atoms with Crippen molar-refractivity contribution in [3.05, 3.63) is 105 Å². The molecule has 0 aliphatic carbocycles. The first kappa shape index (κ1) is 18.7. The van der Waals surface area contributed by atoms with Crippen LogP contribution in [0, 0.1) is 41.5 Å². The highest BCUT2D eigenvalue weighted by atomic mass is 35.5. The second-order valence-electron chi connectivity index (χ2n) is 7.79. The number of rotatable bonds is 3. The standard InChI is InChI=1S/C25H27Cl/c1-16-7-17(2)11-22(10-16)25(26,23-12-18(3)8-19(4)13-23)24-14-20(5)9-21(6)15-24/h7-15H,1-6H3. The molecule has 3 aromatic carbocycles. The molecule has 0 radical (unpaired) electrons. The summed E-state index contributed by atoms with van der Waals surface area (Å²) in [4.78, 5) is -0.704. The van der Waals surface area contributed by atoms with E-state index in [-0.39, 0.29) is 0 Å². The van der Waals surface area contributed by atoms with Gasteiger partial charge in [-0.3, -0.25) is 0 Å². The van der Waals surface area contributed by atoms with Crippen molar-refractivity contribution in [2.45, 2.75) is 46.4 Å². The van der Waals surface area contributed by atoms with Gasteiger partial charge in [-0.25, -0.2) is 0 Å². The summed E-state index contributed by atoms with van der Waals surface area (Å²) in [5.74, 6) is 0. The number of alkyl halides is 1. The van der Waals surface area contributed by atoms with E-state index in [2.05, 4.69) is 96.1 Å². The molecule has 0 aliphatic rings. The van der Waals surface area contributed by atoms with Crippen LogP contribution in [0.1, 0.15) is 50.1 Å². The Morgan fingerprint density at radius 2 is 0.615 bits per heavy atom. The zero-order valence-electron chi connectivity index (χ0n) is 16.6. The third-order valence-electron chi connectivity index (χ3n) is 4.86. The number of aryl methyl sites for hydroxylation is 6. The molecule has 0 N–H and O–H groups in total. The molecule has 0 bridgehead atoms. The molecular weight excluding hydrogens is 336 g/mol. The molecule has 3 rings (SSSR count). The van der Waals surface area contributed by atoms with Crippen molar-refractivity contribution in [1.29, 1.82) is 0 Å². The summed E-state index contributed by atoms with van der Waals surface area (Å²) in [6, 6.07) is 19.9. The Labute approximate surface area is 162 Å². The summed E-state index contributed by atoms with van der Waals surface area (Å²) in [6.45, 7) is 12.8. The number of hydrogen-bond acceptors (Lipinski definition) is 0. The average Bonchev–Trinajstić information content (AvgIpc) is 2.51. The number of halogens is 1. The zero-order valence-corrected chi connectivity index (χ0v) is 17.3. The largest absolute Gasteiger partial charge is 0.119 e. The highest BCUT2D eigenvalue weighted by Gasteiger charge is 2.35. The molecular formula is C25H27Cl. The molecule has 0 spiro atoms. The van der Waals surface area contributed by atoms with E-state index >= 15 is 0 Å². The topological polar surface area (TPSA) is 0 Å². The van der Waals surface area contributed by atoms with Crippen LogP contribution in [0.15, 0.2) is 54.6 Å². The molecule has 0 nitrogen and oxygen atoms in total. The van der Waals surface area contributed by atoms with Crippen molar-refractivity contribution < 1.29 is 0 Å². The van der Waals surface area contributed by atoms with E-state index in [1.807, 2.05) is 0 Å². The molecule has 26 heavy (non-hydrogen) atoms. The lowest BCUT2D eigenvalue weighted by atomic mass is 9.81. The average molecular weight is 363 g/mol. The highest BCUT2D eigenvalue weighted by Crippen LogP contribution is 2.44. The smallest absolute Gasteiger partial charge is 0.104 e. The second-order valence-corrected chi connectivity index (χ2v) is 8.35. The first-order valence-electron chi connectivity index (χ1n) is 9.14. The summed E-state index contributed by atoms with van der Waals surface area (Å²) in [7, 11) is 0. The van der Waals surface area contributed by atoms with Gasteiger partial charge in [0.05, 0.1) is 0 Å². The van der Waals surface area contributed by atoms with Gasteiger partial charge < -0.3 is 0 Å². The molecule has 0 fully saturated rings. The van der Waals surface area contributed by atoms with E-state index in [9.17, 15) is 0 Å². The molecule has 3 aromatic rings. The lowest BCUT2D eigenvalue weighted by Crippen LogP contribution is -2.23. The first-order valence-corrected chi connectivity index (χ1v) is 9.51. The molecule has 0 aliphatic heterocycles. The summed E-state index contributed by atoms with van der Waals surface area (Å²) in [5.41, 5.74) is 10.8. The second kappa shape index (κ2) is 6.93. The monoisotopic (exact) mass is 362 g/mol. The maximum atomic E-state index is 7.55. The van der Waals surface area contributed by atoms with Crippen LogP contribution in [-0.4, -0.2) is 0 Å². The van der Waals surface area contributed by atoms with Crippen molar-refractivity contribution in [3.8, 4) is 0 Å². The van der Waals surface area contributed by atoms with Crippen LogP contribution in [-0.2, 0) is 4.87 Å². The van der Waals surface area contributed by atoms with Crippen LogP contribution in [0.5, 0.6) is 0 Å². The Morgan fingerprint density at radius 1 is 0.423 bits per heavy atom. The molecule has 0 amide bonds. The lowest BCUT2D eigenvalue weighted by Gasteiger charge is -2.31. The third-order valence-corrected chi connectivity index (χ3v) is 5.51. The van der Waals surface area contributed by atoms with Gasteiger partial charge in [0.25, 0.3) is 0 Å². The summed E-state index contributed by atoms with van der Waals surface area (Å²) >= 11 is 7.55. The SMILES string of the molecule is Cc1cc(C)cc(C(Cl)(c2cc(C)cc(C)c2)c2cc(C)cc(C)c2)c1. The Balaban J connectivity index is 2.38. The summed E-state index contributed by atoms with van der Waals surface area (Å²) < 4.78 is 0. The van der Waals surface area contributed by atoms with Crippen LogP contribution in [0.3, 0.4) is 0 Å². The third kappa shape index (κ3) is 3.57. The van der Waals surface area contributed by atoms with E-state index < -0.39 is 4.87 Å². The minimum absolute atomic E-state index is 0.704. The van der Waals surface area contributed by atoms with Crippen LogP contribution >= 0.6 is 11.6 Å². The van der Waals surface area contributed by atoms with Crippen LogP contribution in [0.4, 0.5) is 0 Å². The molecule has 0 saturated heterocycles. The first-order chi connectivity index (χ1) is 12.2. The molecule has 0 aromatic heterocycles. The van der Waals surface area contributed by atoms with Crippen molar-refractivity contribution in [3.63, 3.8) is 0 Å². The van der Waals surface area contributed by atoms with E-state index in [0.717, 1.165) is 16.7 Å². The van der Waals surface area contributed by atoms with Gasteiger partial charge in [-0.2, -0.15) is 0 Å². The molecule has 1 heteroatoms. The van der Waals surface area contributed by atoms with Gasteiger partial charge in [-0.05, 0) is 58.2 Å². The zero-order chi connectivity index (χ0) is 19.1. The van der Waals surface area contributed by atoms with Crippen LogP contribution < -0.4 is 0 Å². The van der Waals surface area contributed by atoms with Gasteiger partial charge in [0.1, 0.15) is 4.87 Å². The fraction of sp³-hybridized carbons (Fsp3) is 0.280. The molecule has 0 unspecified atom stereocenters. The van der Waals surface area contributed by atoms with Crippen molar-refractivity contribution >= 4 is 11.6 Å². The van der Waals surface area contributed by atoms with E-state index in [4.69, 9.17) is 11.6 Å². The predicted octanol–water partition coefficient (Wildman–Crippen LogP) is 7.07. The van der Waals surface area contributed by atoms with E-state index in [1.54, 1.807) is 0 Å². The van der Waals surface area contributed by atoms with Crippen molar-refractivity contribution in [2.24, 2.45) is 0 Å². The fourth-order valence-electron chi connectivity index (χ4n) is 4.02.